The van der Waals surface area contributed by atoms with E-state index in [1.807, 2.05) is 19.1 Å². The van der Waals surface area contributed by atoms with Gasteiger partial charge in [-0.2, -0.15) is 0 Å². The number of carbonyl (C=O) groups is 1. The molecule has 0 aliphatic heterocycles. The van der Waals surface area contributed by atoms with Gasteiger partial charge >= 0.3 is 0 Å². The van der Waals surface area contributed by atoms with Gasteiger partial charge in [0.1, 0.15) is 5.58 Å². The summed E-state index contributed by atoms with van der Waals surface area (Å²) in [6.45, 7) is 1.95. The van der Waals surface area contributed by atoms with E-state index < -0.39 is 0 Å². The molecule has 0 aliphatic carbocycles. The molecule has 0 bridgehead atoms. The molecule has 1 N–H and O–H groups in total. The Morgan fingerprint density at radius 2 is 1.74 bits per heavy atom. The van der Waals surface area contributed by atoms with Gasteiger partial charge in [0.2, 0.25) is 11.5 Å². The summed E-state index contributed by atoms with van der Waals surface area (Å²) < 4.78 is 5.45. The lowest BCUT2D eigenvalue weighted by Crippen LogP contribution is -1.99. The fraction of sp³-hybridized carbons (Fsp3) is 0.0625. The van der Waals surface area contributed by atoms with Crippen LogP contribution in [-0.4, -0.2) is 10.9 Å². The summed E-state index contributed by atoms with van der Waals surface area (Å²) >= 11 is 0. The Hall–Kier alpha value is -2.55. The van der Waals surface area contributed by atoms with Crippen LogP contribution in [0.25, 0.3) is 11.0 Å². The zero-order chi connectivity index (χ0) is 13.4. The van der Waals surface area contributed by atoms with Crippen LogP contribution in [0.15, 0.2) is 52.9 Å². The molecule has 0 saturated heterocycles. The number of ketones is 1. The highest BCUT2D eigenvalue weighted by atomic mass is 16.4. The van der Waals surface area contributed by atoms with Crippen LogP contribution in [0.3, 0.4) is 0 Å². The zero-order valence-corrected chi connectivity index (χ0v) is 10.4. The fourth-order valence-electron chi connectivity index (χ4n) is 2.02. The van der Waals surface area contributed by atoms with E-state index in [1.165, 1.54) is 0 Å². The molecule has 0 fully saturated rings. The molecule has 19 heavy (non-hydrogen) atoms. The summed E-state index contributed by atoms with van der Waals surface area (Å²) in [6.07, 6.45) is 0. The maximum absolute atomic E-state index is 12.3. The van der Waals surface area contributed by atoms with Gasteiger partial charge in [-0.05, 0) is 19.1 Å². The van der Waals surface area contributed by atoms with Crippen molar-refractivity contribution in [3.8, 4) is 5.75 Å². The van der Waals surface area contributed by atoms with Gasteiger partial charge in [-0.15, -0.1) is 0 Å². The molecule has 0 amide bonds. The van der Waals surface area contributed by atoms with Crippen molar-refractivity contribution >= 4 is 16.8 Å². The van der Waals surface area contributed by atoms with Gasteiger partial charge < -0.3 is 9.52 Å². The lowest BCUT2D eigenvalue weighted by Gasteiger charge is -1.99. The number of hydrogen-bond acceptors (Lipinski definition) is 3. The molecule has 0 spiro atoms. The number of fused-ring (bicyclic) bond motifs is 1. The smallest absolute Gasteiger partial charge is 0.232 e. The first-order valence-corrected chi connectivity index (χ1v) is 5.98. The van der Waals surface area contributed by atoms with E-state index in [0.717, 1.165) is 5.56 Å². The highest BCUT2D eigenvalue weighted by molar-refractivity contribution is 6.11. The third-order valence-corrected chi connectivity index (χ3v) is 3.09. The van der Waals surface area contributed by atoms with E-state index in [0.29, 0.717) is 16.5 Å². The quantitative estimate of drug-likeness (QED) is 0.708. The number of benzene rings is 2. The molecule has 3 nitrogen and oxygen atoms in total. The van der Waals surface area contributed by atoms with E-state index in [4.69, 9.17) is 4.42 Å². The molecule has 0 aliphatic rings. The van der Waals surface area contributed by atoms with Gasteiger partial charge in [-0.25, -0.2) is 0 Å². The summed E-state index contributed by atoms with van der Waals surface area (Å²) in [5, 5.41) is 10.6. The molecular formula is C16H12O3. The van der Waals surface area contributed by atoms with Crippen LogP contribution >= 0.6 is 0 Å². The number of aryl methyl sites for hydroxylation is 1. The highest BCUT2D eigenvalue weighted by Gasteiger charge is 2.21. The Labute approximate surface area is 110 Å². The molecule has 1 heterocycles. The third kappa shape index (κ3) is 1.89. The van der Waals surface area contributed by atoms with Crippen LogP contribution in [0.5, 0.6) is 5.75 Å². The van der Waals surface area contributed by atoms with E-state index >= 15 is 0 Å². The number of para-hydroxylation sites is 1. The predicted molar refractivity (Wildman–Crippen MR) is 72.5 cm³/mol. The van der Waals surface area contributed by atoms with Crippen molar-refractivity contribution in [1.29, 1.82) is 0 Å². The van der Waals surface area contributed by atoms with Gasteiger partial charge in [0.05, 0.1) is 5.39 Å². The third-order valence-electron chi connectivity index (χ3n) is 3.09. The lowest BCUT2D eigenvalue weighted by atomic mass is 10.1. The van der Waals surface area contributed by atoms with Gasteiger partial charge in [0.15, 0.2) is 5.75 Å². The number of furan rings is 1. The molecule has 0 atom stereocenters. The maximum atomic E-state index is 12.3. The second kappa shape index (κ2) is 4.28. The van der Waals surface area contributed by atoms with Crippen LogP contribution in [0, 0.1) is 6.92 Å². The molecule has 3 rings (SSSR count). The van der Waals surface area contributed by atoms with Crippen LogP contribution in [0.1, 0.15) is 21.7 Å². The first-order valence-electron chi connectivity index (χ1n) is 5.98. The zero-order valence-electron chi connectivity index (χ0n) is 10.4. The molecule has 3 heteroatoms. The first-order chi connectivity index (χ1) is 9.16. The van der Waals surface area contributed by atoms with Crippen LogP contribution < -0.4 is 0 Å². The van der Waals surface area contributed by atoms with E-state index in [9.17, 15) is 9.90 Å². The largest absolute Gasteiger partial charge is 0.504 e. The van der Waals surface area contributed by atoms with Crippen molar-refractivity contribution < 1.29 is 14.3 Å². The monoisotopic (exact) mass is 252 g/mol. The molecule has 0 radical (unpaired) electrons. The van der Waals surface area contributed by atoms with Crippen molar-refractivity contribution in [2.24, 2.45) is 0 Å². The minimum Gasteiger partial charge on any atom is -0.504 e. The molecule has 1 aromatic heterocycles. The summed E-state index contributed by atoms with van der Waals surface area (Å²) in [5.41, 5.74) is 2.08. The topological polar surface area (TPSA) is 50.4 Å². The summed E-state index contributed by atoms with van der Waals surface area (Å²) in [5.74, 6) is -0.417. The second-order valence-electron chi connectivity index (χ2n) is 4.47. The summed E-state index contributed by atoms with van der Waals surface area (Å²) in [6, 6.07) is 14.2. The Morgan fingerprint density at radius 1 is 1.05 bits per heavy atom. The van der Waals surface area contributed by atoms with Gasteiger partial charge in [0.25, 0.3) is 0 Å². The average Bonchev–Trinajstić information content (AvgIpc) is 2.77. The molecular weight excluding hydrogens is 240 g/mol. The van der Waals surface area contributed by atoms with Gasteiger partial charge in [0, 0.05) is 5.56 Å². The molecule has 2 aromatic carbocycles. The normalized spacial score (nSPS) is 10.8. The Balaban J connectivity index is 2.11. The number of carbonyl (C=O) groups excluding carboxylic acids is 1. The van der Waals surface area contributed by atoms with E-state index in [2.05, 4.69) is 0 Å². The van der Waals surface area contributed by atoms with Crippen molar-refractivity contribution in [1.82, 2.24) is 0 Å². The number of aromatic hydroxyl groups is 1. The summed E-state index contributed by atoms with van der Waals surface area (Å²) in [4.78, 5) is 12.3. The Kier molecular flexibility index (Phi) is 2.60. The van der Waals surface area contributed by atoms with Crippen LogP contribution in [0.2, 0.25) is 0 Å². The predicted octanol–water partition coefficient (Wildman–Crippen LogP) is 3.68. The first kappa shape index (κ1) is 11.5. The van der Waals surface area contributed by atoms with Crippen molar-refractivity contribution in [3.05, 3.63) is 65.4 Å². The average molecular weight is 252 g/mol. The maximum Gasteiger partial charge on any atom is 0.232 e. The SMILES string of the molecule is Cc1ccc(C(=O)c2oc3ccccc3c2O)cc1. The van der Waals surface area contributed by atoms with Crippen molar-refractivity contribution in [2.45, 2.75) is 6.92 Å². The molecule has 3 aromatic rings. The van der Waals surface area contributed by atoms with Gasteiger partial charge in [-0.3, -0.25) is 4.79 Å². The molecule has 0 saturated carbocycles. The minimum absolute atomic E-state index is 0.00921. The molecule has 0 unspecified atom stereocenters. The Bertz CT molecular complexity index is 751. The van der Waals surface area contributed by atoms with Crippen molar-refractivity contribution in [2.75, 3.05) is 0 Å². The fourth-order valence-corrected chi connectivity index (χ4v) is 2.02. The Morgan fingerprint density at radius 3 is 2.42 bits per heavy atom. The second-order valence-corrected chi connectivity index (χ2v) is 4.47. The van der Waals surface area contributed by atoms with E-state index in [-0.39, 0.29) is 17.3 Å². The minimum atomic E-state index is -0.311. The number of rotatable bonds is 2. The van der Waals surface area contributed by atoms with E-state index in [1.54, 1.807) is 36.4 Å². The number of hydrogen-bond donors (Lipinski definition) is 1. The van der Waals surface area contributed by atoms with Gasteiger partial charge in [-0.1, -0.05) is 42.0 Å². The van der Waals surface area contributed by atoms with Crippen molar-refractivity contribution in [3.63, 3.8) is 0 Å². The standard InChI is InChI=1S/C16H12O3/c1-10-6-8-11(9-7-10)14(17)16-15(18)12-4-2-3-5-13(12)19-16/h2-9,18H,1H3. The van der Waals surface area contributed by atoms with Crippen LogP contribution in [-0.2, 0) is 0 Å². The summed E-state index contributed by atoms with van der Waals surface area (Å²) in [7, 11) is 0. The highest BCUT2D eigenvalue weighted by Crippen LogP contribution is 2.33. The van der Waals surface area contributed by atoms with Crippen LogP contribution in [0.4, 0.5) is 0 Å². The molecule has 94 valence electrons. The lowest BCUT2D eigenvalue weighted by molar-refractivity contribution is 0.101.